The fourth-order valence-corrected chi connectivity index (χ4v) is 2.98. The van der Waals surface area contributed by atoms with Crippen LogP contribution in [0.2, 0.25) is 0 Å². The van der Waals surface area contributed by atoms with E-state index in [0.29, 0.717) is 18.0 Å². The molecule has 1 aromatic carbocycles. The molecule has 0 radical (unpaired) electrons. The van der Waals surface area contributed by atoms with Crippen molar-refractivity contribution in [3.05, 3.63) is 53.1 Å². The SMILES string of the molecule is Cc1cc(C(=O)NCC(N)C2CC2)c(C)n1-c1ccc(F)cc1. The van der Waals surface area contributed by atoms with Gasteiger partial charge in [-0.2, -0.15) is 0 Å². The van der Waals surface area contributed by atoms with Gasteiger partial charge < -0.3 is 15.6 Å². The van der Waals surface area contributed by atoms with E-state index in [2.05, 4.69) is 5.32 Å². The number of hydrogen-bond donors (Lipinski definition) is 2. The van der Waals surface area contributed by atoms with Gasteiger partial charge in [0.1, 0.15) is 5.82 Å². The summed E-state index contributed by atoms with van der Waals surface area (Å²) in [5.74, 6) is 0.174. The second-order valence-corrected chi connectivity index (χ2v) is 6.31. The van der Waals surface area contributed by atoms with Crippen molar-refractivity contribution in [2.75, 3.05) is 6.54 Å². The molecule has 0 aliphatic heterocycles. The molecule has 1 aliphatic rings. The summed E-state index contributed by atoms with van der Waals surface area (Å²) < 4.78 is 15.1. The number of nitrogens with zero attached hydrogens (tertiary/aromatic N) is 1. The molecule has 23 heavy (non-hydrogen) atoms. The maximum atomic E-state index is 13.1. The van der Waals surface area contributed by atoms with Crippen molar-refractivity contribution in [1.29, 1.82) is 0 Å². The maximum absolute atomic E-state index is 13.1. The van der Waals surface area contributed by atoms with E-state index in [1.54, 1.807) is 12.1 Å². The summed E-state index contributed by atoms with van der Waals surface area (Å²) in [5.41, 5.74) is 9.28. The molecule has 1 amide bonds. The molecule has 1 unspecified atom stereocenters. The van der Waals surface area contributed by atoms with E-state index in [1.165, 1.54) is 12.1 Å². The van der Waals surface area contributed by atoms with Crippen LogP contribution in [-0.4, -0.2) is 23.1 Å². The normalized spacial score (nSPS) is 15.5. The van der Waals surface area contributed by atoms with Crippen molar-refractivity contribution >= 4 is 5.91 Å². The van der Waals surface area contributed by atoms with Gasteiger partial charge >= 0.3 is 0 Å². The zero-order valence-electron chi connectivity index (χ0n) is 13.5. The summed E-state index contributed by atoms with van der Waals surface area (Å²) in [6.07, 6.45) is 2.33. The van der Waals surface area contributed by atoms with Crippen molar-refractivity contribution in [3.8, 4) is 5.69 Å². The van der Waals surface area contributed by atoms with Gasteiger partial charge in [-0.3, -0.25) is 4.79 Å². The fraction of sp³-hybridized carbons (Fsp3) is 0.389. The number of hydrogen-bond acceptors (Lipinski definition) is 2. The minimum absolute atomic E-state index is 0.0412. The Balaban J connectivity index is 1.79. The lowest BCUT2D eigenvalue weighted by Gasteiger charge is -2.12. The van der Waals surface area contributed by atoms with Crippen LogP contribution < -0.4 is 11.1 Å². The van der Waals surface area contributed by atoms with Crippen LogP contribution >= 0.6 is 0 Å². The van der Waals surface area contributed by atoms with Crippen LogP contribution in [-0.2, 0) is 0 Å². The van der Waals surface area contributed by atoms with E-state index >= 15 is 0 Å². The zero-order valence-corrected chi connectivity index (χ0v) is 13.5. The van der Waals surface area contributed by atoms with Gasteiger partial charge in [0.2, 0.25) is 0 Å². The second kappa shape index (κ2) is 6.16. The molecule has 122 valence electrons. The largest absolute Gasteiger partial charge is 0.350 e. The summed E-state index contributed by atoms with van der Waals surface area (Å²) in [7, 11) is 0. The molecule has 5 heteroatoms. The molecule has 3 rings (SSSR count). The van der Waals surface area contributed by atoms with Crippen LogP contribution in [0.25, 0.3) is 5.69 Å². The van der Waals surface area contributed by atoms with Crippen LogP contribution in [0.15, 0.2) is 30.3 Å². The van der Waals surface area contributed by atoms with E-state index in [9.17, 15) is 9.18 Å². The Hall–Kier alpha value is -2.14. The number of benzene rings is 1. The quantitative estimate of drug-likeness (QED) is 0.891. The zero-order chi connectivity index (χ0) is 16.6. The molecule has 1 heterocycles. The molecule has 1 saturated carbocycles. The first-order chi connectivity index (χ1) is 11.0. The van der Waals surface area contributed by atoms with Gasteiger partial charge in [0.25, 0.3) is 5.91 Å². The summed E-state index contributed by atoms with van der Waals surface area (Å²) in [6, 6.07) is 8.15. The first-order valence-electron chi connectivity index (χ1n) is 7.96. The van der Waals surface area contributed by atoms with Gasteiger partial charge in [-0.25, -0.2) is 4.39 Å². The molecule has 0 bridgehead atoms. The van der Waals surface area contributed by atoms with E-state index in [4.69, 9.17) is 5.73 Å². The molecule has 1 aliphatic carbocycles. The summed E-state index contributed by atoms with van der Waals surface area (Å²) in [4.78, 5) is 12.4. The average Bonchev–Trinajstić information content (AvgIpc) is 3.32. The van der Waals surface area contributed by atoms with Gasteiger partial charge in [0, 0.05) is 29.7 Å². The van der Waals surface area contributed by atoms with Crippen LogP contribution in [0.5, 0.6) is 0 Å². The number of halogens is 1. The van der Waals surface area contributed by atoms with Crippen molar-refractivity contribution in [3.63, 3.8) is 0 Å². The van der Waals surface area contributed by atoms with Crippen molar-refractivity contribution < 1.29 is 9.18 Å². The predicted octanol–water partition coefficient (Wildman–Crippen LogP) is 2.70. The highest BCUT2D eigenvalue weighted by Crippen LogP contribution is 2.31. The fourth-order valence-electron chi connectivity index (χ4n) is 2.98. The number of nitrogens with two attached hydrogens (primary N) is 1. The van der Waals surface area contributed by atoms with Crippen molar-refractivity contribution in [1.82, 2.24) is 9.88 Å². The number of nitrogens with one attached hydrogen (secondary N) is 1. The van der Waals surface area contributed by atoms with Crippen LogP contribution in [0, 0.1) is 25.6 Å². The molecule has 1 fully saturated rings. The molecular weight excluding hydrogens is 293 g/mol. The number of carbonyl (C=O) groups is 1. The Morgan fingerprint density at radius 2 is 2.00 bits per heavy atom. The molecule has 0 spiro atoms. The van der Waals surface area contributed by atoms with Crippen LogP contribution in [0.4, 0.5) is 4.39 Å². The second-order valence-electron chi connectivity index (χ2n) is 6.31. The van der Waals surface area contributed by atoms with Gasteiger partial charge in [-0.1, -0.05) is 0 Å². The third-order valence-corrected chi connectivity index (χ3v) is 4.49. The van der Waals surface area contributed by atoms with Gasteiger partial charge in [0.15, 0.2) is 0 Å². The summed E-state index contributed by atoms with van der Waals surface area (Å²) >= 11 is 0. The highest BCUT2D eigenvalue weighted by molar-refractivity contribution is 5.96. The van der Waals surface area contributed by atoms with Crippen LogP contribution in [0.1, 0.15) is 34.6 Å². The average molecular weight is 315 g/mol. The molecule has 0 saturated heterocycles. The number of rotatable bonds is 5. The smallest absolute Gasteiger partial charge is 0.253 e. The van der Waals surface area contributed by atoms with E-state index in [0.717, 1.165) is 29.9 Å². The predicted molar refractivity (Wildman–Crippen MR) is 88.2 cm³/mol. The number of carbonyl (C=O) groups excluding carboxylic acids is 1. The summed E-state index contributed by atoms with van der Waals surface area (Å²) in [5, 5.41) is 2.92. The third kappa shape index (κ3) is 3.29. The third-order valence-electron chi connectivity index (χ3n) is 4.49. The molecule has 1 atom stereocenters. The molecule has 2 aromatic rings. The van der Waals surface area contributed by atoms with Crippen molar-refractivity contribution in [2.45, 2.75) is 32.7 Å². The monoisotopic (exact) mass is 315 g/mol. The van der Waals surface area contributed by atoms with Gasteiger partial charge in [0.05, 0.1) is 5.56 Å². The lowest BCUT2D eigenvalue weighted by molar-refractivity contribution is 0.0949. The maximum Gasteiger partial charge on any atom is 0.253 e. The highest BCUT2D eigenvalue weighted by Gasteiger charge is 2.28. The Labute approximate surface area is 135 Å². The Bertz CT molecular complexity index is 717. The summed E-state index contributed by atoms with van der Waals surface area (Å²) in [6.45, 7) is 4.33. The van der Waals surface area contributed by atoms with Crippen molar-refractivity contribution in [2.24, 2.45) is 11.7 Å². The highest BCUT2D eigenvalue weighted by atomic mass is 19.1. The number of aromatic nitrogens is 1. The first kappa shape index (κ1) is 15.7. The van der Waals surface area contributed by atoms with Crippen LogP contribution in [0.3, 0.4) is 0 Å². The van der Waals surface area contributed by atoms with Gasteiger partial charge in [-0.05, 0) is 62.9 Å². The lowest BCUT2D eigenvalue weighted by atomic mass is 10.2. The molecular formula is C18H22FN3O. The standard InChI is InChI=1S/C18H22FN3O/c1-11-9-16(18(23)21-10-17(20)13-3-4-13)12(2)22(11)15-7-5-14(19)6-8-15/h5-9,13,17H,3-4,10,20H2,1-2H3,(H,21,23). The lowest BCUT2D eigenvalue weighted by Crippen LogP contribution is -2.38. The van der Waals surface area contributed by atoms with E-state index in [-0.39, 0.29) is 17.8 Å². The molecule has 4 nitrogen and oxygen atoms in total. The minimum atomic E-state index is -0.275. The van der Waals surface area contributed by atoms with E-state index in [1.807, 2.05) is 24.5 Å². The number of aryl methyl sites for hydroxylation is 1. The first-order valence-corrected chi connectivity index (χ1v) is 7.96. The number of amides is 1. The Morgan fingerprint density at radius 3 is 2.61 bits per heavy atom. The molecule has 1 aromatic heterocycles. The Morgan fingerprint density at radius 1 is 1.35 bits per heavy atom. The minimum Gasteiger partial charge on any atom is -0.350 e. The van der Waals surface area contributed by atoms with Gasteiger partial charge in [-0.15, -0.1) is 0 Å². The topological polar surface area (TPSA) is 60.1 Å². The molecule has 3 N–H and O–H groups in total. The van der Waals surface area contributed by atoms with E-state index < -0.39 is 0 Å². The Kier molecular flexibility index (Phi) is 4.22.